The number of rotatable bonds is 4. The predicted molar refractivity (Wildman–Crippen MR) is 120 cm³/mol. The van der Waals surface area contributed by atoms with E-state index in [1.54, 1.807) is 31.1 Å². The Morgan fingerprint density at radius 1 is 1.29 bits per heavy atom. The predicted octanol–water partition coefficient (Wildman–Crippen LogP) is 0.943. The van der Waals surface area contributed by atoms with E-state index in [1.165, 1.54) is 0 Å². The number of aliphatic imine (C=N–C) groups is 1. The second kappa shape index (κ2) is 9.89. The van der Waals surface area contributed by atoms with E-state index < -0.39 is 0 Å². The second-order valence-corrected chi connectivity index (χ2v) is 6.67. The van der Waals surface area contributed by atoms with Crippen LogP contribution in [0.2, 0.25) is 0 Å². The molecule has 1 N–H and O–H groups in total. The van der Waals surface area contributed by atoms with Crippen LogP contribution in [0.25, 0.3) is 0 Å². The van der Waals surface area contributed by atoms with Gasteiger partial charge in [-0.2, -0.15) is 0 Å². The van der Waals surface area contributed by atoms with Crippen LogP contribution in [-0.2, 0) is 13.5 Å². The van der Waals surface area contributed by atoms with Gasteiger partial charge in [0.2, 0.25) is 0 Å². The van der Waals surface area contributed by atoms with Gasteiger partial charge in [0.1, 0.15) is 5.76 Å². The van der Waals surface area contributed by atoms with Gasteiger partial charge in [-0.05, 0) is 20.3 Å². The van der Waals surface area contributed by atoms with Gasteiger partial charge in [-0.15, -0.1) is 24.0 Å². The quantitative estimate of drug-likeness (QED) is 0.379. The molecule has 3 heterocycles. The highest BCUT2D eigenvalue weighted by Crippen LogP contribution is 2.12. The smallest absolute Gasteiger partial charge is 0.293 e. The van der Waals surface area contributed by atoms with Crippen LogP contribution in [0.15, 0.2) is 26.7 Å². The summed E-state index contributed by atoms with van der Waals surface area (Å²) in [5.74, 6) is 2.26. The largest absolute Gasteiger partial charge is 0.361 e. The van der Waals surface area contributed by atoms with Crippen LogP contribution >= 0.6 is 24.0 Å². The summed E-state index contributed by atoms with van der Waals surface area (Å²) in [6.45, 7) is 7.69. The lowest BCUT2D eigenvalue weighted by Gasteiger charge is -2.36. The number of guanidine groups is 1. The van der Waals surface area contributed by atoms with Crippen molar-refractivity contribution < 1.29 is 4.52 Å². The van der Waals surface area contributed by atoms with Crippen LogP contribution < -0.4 is 15.8 Å². The van der Waals surface area contributed by atoms with E-state index in [0.717, 1.165) is 62.1 Å². The SMILES string of the molecule is CN=C(NCCc1c(C)noc1C)N1CCN(c2nccn(C)c2=O)CC1.I. The summed E-state index contributed by atoms with van der Waals surface area (Å²) in [5, 5.41) is 7.41. The summed E-state index contributed by atoms with van der Waals surface area (Å²) in [7, 11) is 3.54. The number of piperazine rings is 1. The Morgan fingerprint density at radius 3 is 2.61 bits per heavy atom. The normalized spacial score (nSPS) is 14.8. The Bertz CT molecular complexity index is 850. The maximum absolute atomic E-state index is 12.2. The molecule has 2 aromatic rings. The molecular formula is C18H28IN7O2. The van der Waals surface area contributed by atoms with Crippen molar-refractivity contribution in [2.24, 2.45) is 12.0 Å². The third-order valence-corrected chi connectivity index (χ3v) is 4.93. The minimum atomic E-state index is -0.0621. The number of aryl methyl sites for hydroxylation is 3. The number of aromatic nitrogens is 3. The maximum Gasteiger partial charge on any atom is 0.293 e. The van der Waals surface area contributed by atoms with Gasteiger partial charge in [-0.3, -0.25) is 9.79 Å². The molecule has 0 amide bonds. The molecule has 0 radical (unpaired) electrons. The van der Waals surface area contributed by atoms with Crippen LogP contribution in [0, 0.1) is 13.8 Å². The lowest BCUT2D eigenvalue weighted by atomic mass is 10.1. The number of halogens is 1. The molecule has 10 heteroatoms. The first-order chi connectivity index (χ1) is 13.0. The van der Waals surface area contributed by atoms with Crippen molar-refractivity contribution in [3.05, 3.63) is 39.8 Å². The van der Waals surface area contributed by atoms with Crippen molar-refractivity contribution in [2.45, 2.75) is 20.3 Å². The monoisotopic (exact) mass is 501 g/mol. The van der Waals surface area contributed by atoms with Gasteiger partial charge in [0, 0.05) is 64.8 Å². The standard InChI is InChI=1S/C18H27N7O2.HI/c1-13-15(14(2)27-22-13)5-6-21-18(19-3)25-11-9-24(10-12-25)16-17(26)23(4)8-7-20-16;/h7-8H,5-6,9-12H2,1-4H3,(H,19,21);1H. The van der Waals surface area contributed by atoms with Gasteiger partial charge in [0.15, 0.2) is 11.8 Å². The van der Waals surface area contributed by atoms with Crippen molar-refractivity contribution in [1.82, 2.24) is 24.9 Å². The molecule has 3 rings (SSSR count). The molecule has 0 aromatic carbocycles. The van der Waals surface area contributed by atoms with Gasteiger partial charge in [0.05, 0.1) is 5.69 Å². The average Bonchev–Trinajstić information content (AvgIpc) is 2.99. The van der Waals surface area contributed by atoms with Crippen LogP contribution in [0.1, 0.15) is 17.0 Å². The first-order valence-electron chi connectivity index (χ1n) is 9.15. The molecule has 1 aliphatic heterocycles. The minimum Gasteiger partial charge on any atom is -0.361 e. The van der Waals surface area contributed by atoms with E-state index in [4.69, 9.17) is 4.52 Å². The van der Waals surface area contributed by atoms with Gasteiger partial charge in [0.25, 0.3) is 5.56 Å². The molecule has 0 unspecified atom stereocenters. The van der Waals surface area contributed by atoms with E-state index in [0.29, 0.717) is 5.82 Å². The number of anilines is 1. The maximum atomic E-state index is 12.2. The molecule has 2 aromatic heterocycles. The van der Waals surface area contributed by atoms with Crippen molar-refractivity contribution >= 4 is 35.8 Å². The highest BCUT2D eigenvalue weighted by molar-refractivity contribution is 14.0. The molecule has 154 valence electrons. The fourth-order valence-corrected chi connectivity index (χ4v) is 3.32. The fourth-order valence-electron chi connectivity index (χ4n) is 3.32. The highest BCUT2D eigenvalue weighted by Gasteiger charge is 2.22. The van der Waals surface area contributed by atoms with E-state index in [1.807, 2.05) is 18.7 Å². The molecule has 28 heavy (non-hydrogen) atoms. The Kier molecular flexibility index (Phi) is 7.84. The summed E-state index contributed by atoms with van der Waals surface area (Å²) in [4.78, 5) is 25.1. The third kappa shape index (κ3) is 4.83. The van der Waals surface area contributed by atoms with Gasteiger partial charge >= 0.3 is 0 Å². The molecule has 0 atom stereocenters. The fraction of sp³-hybridized carbons (Fsp3) is 0.556. The summed E-state index contributed by atoms with van der Waals surface area (Å²) < 4.78 is 6.77. The second-order valence-electron chi connectivity index (χ2n) is 6.67. The Hall–Kier alpha value is -2.11. The van der Waals surface area contributed by atoms with Crippen molar-refractivity contribution in [3.8, 4) is 0 Å². The summed E-state index contributed by atoms with van der Waals surface area (Å²) in [6.07, 6.45) is 4.18. The average molecular weight is 501 g/mol. The molecule has 0 aliphatic carbocycles. The summed E-state index contributed by atoms with van der Waals surface area (Å²) >= 11 is 0. The van der Waals surface area contributed by atoms with Gasteiger partial charge in [-0.1, -0.05) is 5.16 Å². The van der Waals surface area contributed by atoms with Crippen molar-refractivity contribution in [2.75, 3.05) is 44.7 Å². The van der Waals surface area contributed by atoms with E-state index in [-0.39, 0.29) is 29.5 Å². The van der Waals surface area contributed by atoms with Gasteiger partial charge < -0.3 is 24.2 Å². The third-order valence-electron chi connectivity index (χ3n) is 4.93. The lowest BCUT2D eigenvalue weighted by molar-refractivity contribution is 0.371. The Morgan fingerprint density at radius 2 is 2.00 bits per heavy atom. The molecule has 9 nitrogen and oxygen atoms in total. The highest BCUT2D eigenvalue weighted by atomic mass is 127. The van der Waals surface area contributed by atoms with Crippen molar-refractivity contribution in [1.29, 1.82) is 0 Å². The molecule has 0 bridgehead atoms. The molecular weight excluding hydrogens is 473 g/mol. The molecule has 1 fully saturated rings. The summed E-state index contributed by atoms with van der Waals surface area (Å²) in [5.41, 5.74) is 2.02. The number of nitrogens with one attached hydrogen (secondary N) is 1. The summed E-state index contributed by atoms with van der Waals surface area (Å²) in [6, 6.07) is 0. The molecule has 1 aliphatic rings. The topological polar surface area (TPSA) is 91.8 Å². The van der Waals surface area contributed by atoms with Crippen LogP contribution in [-0.4, -0.2) is 65.3 Å². The van der Waals surface area contributed by atoms with Gasteiger partial charge in [-0.25, -0.2) is 4.98 Å². The number of nitrogens with zero attached hydrogens (tertiary/aromatic N) is 6. The van der Waals surface area contributed by atoms with Crippen LogP contribution in [0.4, 0.5) is 5.82 Å². The zero-order valence-electron chi connectivity index (χ0n) is 16.8. The van der Waals surface area contributed by atoms with Crippen molar-refractivity contribution in [3.63, 3.8) is 0 Å². The van der Waals surface area contributed by atoms with Crippen LogP contribution in [0.3, 0.4) is 0 Å². The number of hydrogen-bond acceptors (Lipinski definition) is 6. The molecule has 1 saturated heterocycles. The first kappa shape index (κ1) is 22.2. The minimum absolute atomic E-state index is 0. The lowest BCUT2D eigenvalue weighted by Crippen LogP contribution is -2.53. The first-order valence-corrected chi connectivity index (χ1v) is 9.15. The molecule has 0 spiro atoms. The van der Waals surface area contributed by atoms with E-state index in [2.05, 4.69) is 25.3 Å². The van der Waals surface area contributed by atoms with E-state index >= 15 is 0 Å². The zero-order valence-corrected chi connectivity index (χ0v) is 19.1. The van der Waals surface area contributed by atoms with E-state index in [9.17, 15) is 4.79 Å². The zero-order chi connectivity index (χ0) is 19.4. The molecule has 0 saturated carbocycles. The Labute approximate surface area is 181 Å². The Balaban J connectivity index is 0.00000280. The van der Waals surface area contributed by atoms with Crippen LogP contribution in [0.5, 0.6) is 0 Å². The number of hydrogen-bond donors (Lipinski definition) is 1.